The van der Waals surface area contributed by atoms with Crippen molar-refractivity contribution in [2.75, 3.05) is 0 Å². The van der Waals surface area contributed by atoms with Gasteiger partial charge in [0.25, 0.3) is 5.91 Å². The van der Waals surface area contributed by atoms with Crippen LogP contribution < -0.4 is 5.32 Å². The second-order valence-corrected chi connectivity index (χ2v) is 6.28. The summed E-state index contributed by atoms with van der Waals surface area (Å²) in [5.41, 5.74) is 1.92. The van der Waals surface area contributed by atoms with Crippen LogP contribution in [0.3, 0.4) is 0 Å². The zero-order valence-corrected chi connectivity index (χ0v) is 13.5. The van der Waals surface area contributed by atoms with Gasteiger partial charge in [0, 0.05) is 12.8 Å². The van der Waals surface area contributed by atoms with E-state index >= 15 is 0 Å². The molecule has 2 atom stereocenters. The topological polar surface area (TPSA) is 91.2 Å². The molecule has 1 aliphatic rings. The number of benzene rings is 1. The Hall–Kier alpha value is -1.86. The Morgan fingerprint density at radius 2 is 2.09 bits per heavy atom. The van der Waals surface area contributed by atoms with Gasteiger partial charge < -0.3 is 20.2 Å². The molecular formula is C16H23BN2O4. The smallest absolute Gasteiger partial charge is 0.426 e. The molecule has 1 aromatic carbocycles. The Bertz CT molecular complexity index is 548. The molecule has 0 spiro atoms. The van der Waals surface area contributed by atoms with E-state index in [4.69, 9.17) is 4.84 Å². The van der Waals surface area contributed by atoms with Crippen molar-refractivity contribution in [3.05, 3.63) is 35.9 Å². The predicted molar refractivity (Wildman–Crippen MR) is 88.6 cm³/mol. The van der Waals surface area contributed by atoms with Crippen LogP contribution in [-0.4, -0.2) is 40.8 Å². The molecule has 1 unspecified atom stereocenters. The van der Waals surface area contributed by atoms with Crippen LogP contribution in [-0.2, 0) is 16.1 Å². The predicted octanol–water partition coefficient (Wildman–Crippen LogP) is 0.917. The molecule has 6 nitrogen and oxygen atoms in total. The summed E-state index contributed by atoms with van der Waals surface area (Å²) in [4.78, 5) is 17.4. The molecule has 0 bridgehead atoms. The van der Waals surface area contributed by atoms with Crippen LogP contribution in [0.4, 0.5) is 0 Å². The molecule has 1 aromatic rings. The molecule has 1 heterocycles. The average Bonchev–Trinajstić information content (AvgIpc) is 2.95. The Morgan fingerprint density at radius 3 is 2.70 bits per heavy atom. The Labute approximate surface area is 136 Å². The first-order valence-corrected chi connectivity index (χ1v) is 7.87. The molecule has 2 rings (SSSR count). The highest BCUT2D eigenvalue weighted by molar-refractivity contribution is 6.43. The van der Waals surface area contributed by atoms with Crippen LogP contribution in [0.2, 0.25) is 0 Å². The maximum absolute atomic E-state index is 12.2. The minimum Gasteiger partial charge on any atom is -0.426 e. The van der Waals surface area contributed by atoms with E-state index in [1.807, 2.05) is 44.2 Å². The molecule has 0 saturated heterocycles. The van der Waals surface area contributed by atoms with Gasteiger partial charge in [-0.1, -0.05) is 49.3 Å². The number of rotatable bonds is 7. The Balaban J connectivity index is 1.85. The van der Waals surface area contributed by atoms with Crippen LogP contribution in [0.15, 0.2) is 35.5 Å². The highest BCUT2D eigenvalue weighted by Crippen LogP contribution is 2.15. The van der Waals surface area contributed by atoms with E-state index in [0.29, 0.717) is 19.3 Å². The lowest BCUT2D eigenvalue weighted by atomic mass is 9.75. The summed E-state index contributed by atoms with van der Waals surface area (Å²) in [6.07, 6.45) is 0.829. The summed E-state index contributed by atoms with van der Waals surface area (Å²) in [5, 5.41) is 25.4. The third kappa shape index (κ3) is 5.37. The minimum absolute atomic E-state index is 0.233. The molecule has 0 saturated carbocycles. The van der Waals surface area contributed by atoms with Crippen molar-refractivity contribution >= 4 is 18.7 Å². The number of oxime groups is 1. The highest BCUT2D eigenvalue weighted by atomic mass is 16.6. The van der Waals surface area contributed by atoms with Crippen molar-refractivity contribution in [3.8, 4) is 0 Å². The maximum Gasteiger partial charge on any atom is 0.475 e. The molecule has 0 aliphatic carbocycles. The third-order valence-corrected chi connectivity index (χ3v) is 3.69. The Kier molecular flexibility index (Phi) is 6.18. The van der Waals surface area contributed by atoms with Crippen molar-refractivity contribution in [2.24, 2.45) is 11.1 Å². The van der Waals surface area contributed by atoms with E-state index in [1.54, 1.807) is 0 Å². The lowest BCUT2D eigenvalue weighted by molar-refractivity contribution is -0.131. The number of nitrogens with zero attached hydrogens (tertiary/aromatic N) is 1. The first-order valence-electron chi connectivity index (χ1n) is 7.87. The molecule has 124 valence electrons. The zero-order valence-electron chi connectivity index (χ0n) is 13.5. The number of nitrogens with one attached hydrogen (secondary N) is 1. The molecule has 0 aromatic heterocycles. The monoisotopic (exact) mass is 318 g/mol. The largest absolute Gasteiger partial charge is 0.475 e. The van der Waals surface area contributed by atoms with Gasteiger partial charge in [-0.05, 0) is 17.9 Å². The molecular weight excluding hydrogens is 295 g/mol. The van der Waals surface area contributed by atoms with Crippen molar-refractivity contribution in [1.82, 2.24) is 5.32 Å². The number of hydrogen-bond donors (Lipinski definition) is 3. The van der Waals surface area contributed by atoms with Gasteiger partial charge in [0.2, 0.25) is 6.10 Å². The lowest BCUT2D eigenvalue weighted by Gasteiger charge is -2.20. The summed E-state index contributed by atoms with van der Waals surface area (Å²) in [5.74, 6) is -0.837. The van der Waals surface area contributed by atoms with Crippen LogP contribution in [0, 0.1) is 5.92 Å². The van der Waals surface area contributed by atoms with E-state index < -0.39 is 19.2 Å². The van der Waals surface area contributed by atoms with E-state index in [9.17, 15) is 14.8 Å². The summed E-state index contributed by atoms with van der Waals surface area (Å²) in [6.45, 7) is 3.91. The average molecular weight is 318 g/mol. The zero-order chi connectivity index (χ0) is 16.8. The van der Waals surface area contributed by atoms with Crippen LogP contribution in [0.5, 0.6) is 0 Å². The van der Waals surface area contributed by atoms with Gasteiger partial charge in [-0.3, -0.25) is 4.79 Å². The van der Waals surface area contributed by atoms with Gasteiger partial charge in [0.15, 0.2) is 0 Å². The SMILES string of the molecule is CC(C)C[C@H](NC(=O)C1CC(Cc2ccccc2)=NO1)B(O)O. The number of hydrogen-bond acceptors (Lipinski definition) is 5. The summed E-state index contributed by atoms with van der Waals surface area (Å²) in [6, 6.07) is 9.85. The summed E-state index contributed by atoms with van der Waals surface area (Å²) >= 11 is 0. The number of carbonyl (C=O) groups excluding carboxylic acids is 1. The van der Waals surface area contributed by atoms with Gasteiger partial charge >= 0.3 is 7.12 Å². The van der Waals surface area contributed by atoms with Crippen molar-refractivity contribution in [2.45, 2.75) is 45.2 Å². The molecule has 23 heavy (non-hydrogen) atoms. The quantitative estimate of drug-likeness (QED) is 0.652. The van der Waals surface area contributed by atoms with E-state index in [0.717, 1.165) is 11.3 Å². The van der Waals surface area contributed by atoms with Gasteiger partial charge in [-0.15, -0.1) is 0 Å². The first kappa shape index (κ1) is 17.5. The fraction of sp³-hybridized carbons (Fsp3) is 0.500. The van der Waals surface area contributed by atoms with E-state index in [-0.39, 0.29) is 11.8 Å². The molecule has 7 heteroatoms. The highest BCUT2D eigenvalue weighted by Gasteiger charge is 2.33. The lowest BCUT2D eigenvalue weighted by Crippen LogP contribution is -2.50. The van der Waals surface area contributed by atoms with Crippen LogP contribution >= 0.6 is 0 Å². The summed E-state index contributed by atoms with van der Waals surface area (Å²) < 4.78 is 0. The minimum atomic E-state index is -1.59. The van der Waals surface area contributed by atoms with Crippen LogP contribution in [0.1, 0.15) is 32.3 Å². The standard InChI is InChI=1S/C16H23BN2O4/c1-11(2)8-15(17(21)22)18-16(20)14-10-13(19-23-14)9-12-6-4-3-5-7-12/h3-7,11,14-15,21-22H,8-10H2,1-2H3,(H,18,20)/t14?,15-/m0/s1. The first-order chi connectivity index (χ1) is 11.0. The molecule has 0 fully saturated rings. The van der Waals surface area contributed by atoms with Crippen molar-refractivity contribution < 1.29 is 19.7 Å². The Morgan fingerprint density at radius 1 is 1.39 bits per heavy atom. The normalized spacial score (nSPS) is 18.3. The second-order valence-electron chi connectivity index (χ2n) is 6.28. The molecule has 1 amide bonds. The number of amides is 1. The molecule has 3 N–H and O–H groups in total. The van der Waals surface area contributed by atoms with Gasteiger partial charge in [-0.25, -0.2) is 0 Å². The molecule has 1 aliphatic heterocycles. The van der Waals surface area contributed by atoms with E-state index in [2.05, 4.69) is 10.5 Å². The fourth-order valence-electron chi connectivity index (χ4n) is 2.54. The fourth-order valence-corrected chi connectivity index (χ4v) is 2.54. The van der Waals surface area contributed by atoms with Crippen LogP contribution in [0.25, 0.3) is 0 Å². The number of carbonyl (C=O) groups is 1. The van der Waals surface area contributed by atoms with Crippen molar-refractivity contribution in [1.29, 1.82) is 0 Å². The van der Waals surface area contributed by atoms with Crippen molar-refractivity contribution in [3.63, 3.8) is 0 Å². The third-order valence-electron chi connectivity index (χ3n) is 3.69. The van der Waals surface area contributed by atoms with Gasteiger partial charge in [0.05, 0.1) is 11.7 Å². The maximum atomic E-state index is 12.2. The van der Waals surface area contributed by atoms with Gasteiger partial charge in [0.1, 0.15) is 0 Å². The second kappa shape index (κ2) is 8.13. The van der Waals surface area contributed by atoms with E-state index in [1.165, 1.54) is 0 Å². The summed E-state index contributed by atoms with van der Waals surface area (Å²) in [7, 11) is -1.59. The van der Waals surface area contributed by atoms with Gasteiger partial charge in [-0.2, -0.15) is 0 Å². The molecule has 0 radical (unpaired) electrons.